The first-order valence-electron chi connectivity index (χ1n) is 5.89. The van der Waals surface area contributed by atoms with Crippen molar-refractivity contribution in [2.24, 2.45) is 0 Å². The topological polar surface area (TPSA) is 55.1 Å². The number of benzene rings is 2. The zero-order chi connectivity index (χ0) is 15.4. The van der Waals surface area contributed by atoms with Crippen LogP contribution in [0.1, 0.15) is 0 Å². The standard InChI is InChI=1S/C14H11Cl2FN2OS/c15-9-2-1-3-11(14(9)16)19-13(20)7-21-12-6-8(17)4-5-10(12)18/h1-6H,7,18H2,(H,19,20). The number of nitrogens with one attached hydrogen (secondary N) is 1. The Kier molecular flexibility index (Phi) is 5.33. The van der Waals surface area contributed by atoms with Gasteiger partial charge in [-0.15, -0.1) is 11.8 Å². The number of hydrogen-bond acceptors (Lipinski definition) is 3. The number of anilines is 2. The van der Waals surface area contributed by atoms with Crippen LogP contribution in [0.3, 0.4) is 0 Å². The maximum Gasteiger partial charge on any atom is 0.234 e. The van der Waals surface area contributed by atoms with Crippen LogP contribution in [-0.2, 0) is 4.79 Å². The molecule has 3 N–H and O–H groups in total. The summed E-state index contributed by atoms with van der Waals surface area (Å²) in [6.07, 6.45) is 0. The van der Waals surface area contributed by atoms with Gasteiger partial charge in [-0.1, -0.05) is 29.3 Å². The Morgan fingerprint density at radius 3 is 2.81 bits per heavy atom. The summed E-state index contributed by atoms with van der Waals surface area (Å²) in [7, 11) is 0. The summed E-state index contributed by atoms with van der Waals surface area (Å²) in [4.78, 5) is 12.4. The van der Waals surface area contributed by atoms with Crippen LogP contribution in [0.25, 0.3) is 0 Å². The number of nitrogens with two attached hydrogens (primary N) is 1. The predicted octanol–water partition coefficient (Wildman–Crippen LogP) is 4.45. The van der Waals surface area contributed by atoms with Crippen LogP contribution in [0.2, 0.25) is 10.0 Å². The second kappa shape index (κ2) is 7.02. The number of rotatable bonds is 4. The summed E-state index contributed by atoms with van der Waals surface area (Å²) in [5.41, 5.74) is 6.57. The molecule has 0 heterocycles. The van der Waals surface area contributed by atoms with Gasteiger partial charge in [0.15, 0.2) is 0 Å². The third-order valence-electron chi connectivity index (χ3n) is 2.56. The largest absolute Gasteiger partial charge is 0.398 e. The minimum atomic E-state index is -0.398. The molecule has 110 valence electrons. The van der Waals surface area contributed by atoms with E-state index in [1.807, 2.05) is 0 Å². The van der Waals surface area contributed by atoms with E-state index in [9.17, 15) is 9.18 Å². The van der Waals surface area contributed by atoms with E-state index in [0.717, 1.165) is 11.8 Å². The van der Waals surface area contributed by atoms with E-state index in [2.05, 4.69) is 5.32 Å². The number of thioether (sulfide) groups is 1. The summed E-state index contributed by atoms with van der Waals surface area (Å²) >= 11 is 13.0. The van der Waals surface area contributed by atoms with Gasteiger partial charge in [-0.05, 0) is 30.3 Å². The number of nitrogen functional groups attached to an aromatic ring is 1. The fourth-order valence-corrected chi connectivity index (χ4v) is 2.70. The molecule has 0 aliphatic heterocycles. The first-order chi connectivity index (χ1) is 9.97. The maximum absolute atomic E-state index is 13.1. The molecule has 2 aromatic rings. The lowest BCUT2D eigenvalue weighted by atomic mass is 10.3. The van der Waals surface area contributed by atoms with Crippen molar-refractivity contribution in [3.8, 4) is 0 Å². The number of halogens is 3. The molecule has 2 rings (SSSR count). The molecular formula is C14H11Cl2FN2OS. The summed E-state index contributed by atoms with van der Waals surface area (Å²) < 4.78 is 13.1. The lowest BCUT2D eigenvalue weighted by Crippen LogP contribution is -2.14. The van der Waals surface area contributed by atoms with Crippen LogP contribution >= 0.6 is 35.0 Å². The van der Waals surface area contributed by atoms with E-state index in [4.69, 9.17) is 28.9 Å². The number of carbonyl (C=O) groups excluding carboxylic acids is 1. The Morgan fingerprint density at radius 1 is 1.29 bits per heavy atom. The first-order valence-corrected chi connectivity index (χ1v) is 7.63. The summed E-state index contributed by atoms with van der Waals surface area (Å²) in [6, 6.07) is 8.98. The van der Waals surface area contributed by atoms with Crippen LogP contribution in [-0.4, -0.2) is 11.7 Å². The van der Waals surface area contributed by atoms with E-state index in [-0.39, 0.29) is 16.7 Å². The second-order valence-corrected chi connectivity index (χ2v) is 5.92. The molecule has 3 nitrogen and oxygen atoms in total. The van der Waals surface area contributed by atoms with Gasteiger partial charge in [-0.25, -0.2) is 4.39 Å². The third kappa shape index (κ3) is 4.27. The molecule has 0 saturated carbocycles. The van der Waals surface area contributed by atoms with E-state index in [1.165, 1.54) is 18.2 Å². The Balaban J connectivity index is 1.99. The van der Waals surface area contributed by atoms with E-state index < -0.39 is 5.82 Å². The zero-order valence-electron chi connectivity index (χ0n) is 10.7. The first kappa shape index (κ1) is 15.9. The highest BCUT2D eigenvalue weighted by Crippen LogP contribution is 2.30. The quantitative estimate of drug-likeness (QED) is 0.636. The van der Waals surface area contributed by atoms with Gasteiger partial charge in [-0.3, -0.25) is 4.79 Å². The average Bonchev–Trinajstić information content (AvgIpc) is 2.45. The van der Waals surface area contributed by atoms with Gasteiger partial charge in [-0.2, -0.15) is 0 Å². The monoisotopic (exact) mass is 344 g/mol. The highest BCUT2D eigenvalue weighted by atomic mass is 35.5. The van der Waals surface area contributed by atoms with Crippen molar-refractivity contribution in [1.29, 1.82) is 0 Å². The van der Waals surface area contributed by atoms with Gasteiger partial charge in [0.05, 0.1) is 21.5 Å². The highest BCUT2D eigenvalue weighted by Gasteiger charge is 2.10. The summed E-state index contributed by atoms with van der Waals surface area (Å²) in [6.45, 7) is 0. The normalized spacial score (nSPS) is 10.4. The lowest BCUT2D eigenvalue weighted by molar-refractivity contribution is -0.113. The van der Waals surface area contributed by atoms with Gasteiger partial charge in [0.25, 0.3) is 0 Å². The molecule has 2 aromatic carbocycles. The molecule has 0 fully saturated rings. The zero-order valence-corrected chi connectivity index (χ0v) is 13.0. The molecule has 0 aliphatic rings. The molecule has 21 heavy (non-hydrogen) atoms. The van der Waals surface area contributed by atoms with Crippen molar-refractivity contribution < 1.29 is 9.18 Å². The number of hydrogen-bond donors (Lipinski definition) is 2. The van der Waals surface area contributed by atoms with Crippen LogP contribution in [0.4, 0.5) is 15.8 Å². The van der Waals surface area contributed by atoms with Gasteiger partial charge < -0.3 is 11.1 Å². The van der Waals surface area contributed by atoms with Crippen LogP contribution in [0, 0.1) is 5.82 Å². The Hall–Kier alpha value is -1.43. The molecule has 0 spiro atoms. The van der Waals surface area contributed by atoms with Gasteiger partial charge >= 0.3 is 0 Å². The fraction of sp³-hybridized carbons (Fsp3) is 0.0714. The van der Waals surface area contributed by atoms with Crippen molar-refractivity contribution in [2.45, 2.75) is 4.90 Å². The lowest BCUT2D eigenvalue weighted by Gasteiger charge is -2.09. The molecule has 0 atom stereocenters. The van der Waals surface area contributed by atoms with Crippen molar-refractivity contribution in [3.63, 3.8) is 0 Å². The molecule has 0 bridgehead atoms. The molecular weight excluding hydrogens is 334 g/mol. The minimum Gasteiger partial charge on any atom is -0.398 e. The van der Waals surface area contributed by atoms with Crippen molar-refractivity contribution >= 4 is 52.2 Å². The van der Waals surface area contributed by atoms with Crippen LogP contribution < -0.4 is 11.1 Å². The van der Waals surface area contributed by atoms with Crippen LogP contribution in [0.15, 0.2) is 41.3 Å². The molecule has 7 heteroatoms. The number of amides is 1. The minimum absolute atomic E-state index is 0.0799. The smallest absolute Gasteiger partial charge is 0.234 e. The Morgan fingerprint density at radius 2 is 2.05 bits per heavy atom. The van der Waals surface area contributed by atoms with Gasteiger partial charge in [0.1, 0.15) is 5.82 Å². The van der Waals surface area contributed by atoms with E-state index in [1.54, 1.807) is 18.2 Å². The Labute approximate surface area is 135 Å². The second-order valence-electron chi connectivity index (χ2n) is 4.12. The Bertz CT molecular complexity index is 682. The average molecular weight is 345 g/mol. The van der Waals surface area contributed by atoms with Crippen LogP contribution in [0.5, 0.6) is 0 Å². The number of carbonyl (C=O) groups is 1. The molecule has 0 radical (unpaired) electrons. The SMILES string of the molecule is Nc1ccc(F)cc1SCC(=O)Nc1cccc(Cl)c1Cl. The third-order valence-corrected chi connectivity index (χ3v) is 4.45. The molecule has 0 saturated heterocycles. The molecule has 0 aromatic heterocycles. The van der Waals surface area contributed by atoms with Crippen molar-refractivity contribution in [3.05, 3.63) is 52.3 Å². The maximum atomic E-state index is 13.1. The summed E-state index contributed by atoms with van der Waals surface area (Å²) in [5.74, 6) is -0.603. The molecule has 0 unspecified atom stereocenters. The van der Waals surface area contributed by atoms with Crippen molar-refractivity contribution in [1.82, 2.24) is 0 Å². The van der Waals surface area contributed by atoms with E-state index in [0.29, 0.717) is 21.3 Å². The predicted molar refractivity (Wildman–Crippen MR) is 86.6 cm³/mol. The van der Waals surface area contributed by atoms with Crippen molar-refractivity contribution in [2.75, 3.05) is 16.8 Å². The van der Waals surface area contributed by atoms with E-state index >= 15 is 0 Å². The summed E-state index contributed by atoms with van der Waals surface area (Å²) in [5, 5.41) is 3.28. The van der Waals surface area contributed by atoms with Gasteiger partial charge in [0.2, 0.25) is 5.91 Å². The fourth-order valence-electron chi connectivity index (χ4n) is 1.56. The molecule has 1 amide bonds. The van der Waals surface area contributed by atoms with Gasteiger partial charge in [0, 0.05) is 10.6 Å². The highest BCUT2D eigenvalue weighted by molar-refractivity contribution is 8.00. The molecule has 0 aliphatic carbocycles.